The van der Waals surface area contributed by atoms with E-state index in [2.05, 4.69) is 46.4 Å². The molecule has 0 fully saturated rings. The average Bonchev–Trinajstić information content (AvgIpc) is 2.51. The highest BCUT2D eigenvalue weighted by Crippen LogP contribution is 2.38. The number of hydrogen-bond donors (Lipinski definition) is 0. The molecule has 0 unspecified atom stereocenters. The summed E-state index contributed by atoms with van der Waals surface area (Å²) < 4.78 is 0. The maximum absolute atomic E-state index is 2.52. The van der Waals surface area contributed by atoms with Gasteiger partial charge in [-0.2, -0.15) is 0 Å². The third-order valence-corrected chi connectivity index (χ3v) is 4.65. The van der Waals surface area contributed by atoms with Crippen LogP contribution in [0.1, 0.15) is 54.4 Å². The van der Waals surface area contributed by atoms with Gasteiger partial charge in [-0.25, -0.2) is 0 Å². The summed E-state index contributed by atoms with van der Waals surface area (Å²) in [6, 6.07) is 0. The highest BCUT2D eigenvalue weighted by molar-refractivity contribution is 5.46. The van der Waals surface area contributed by atoms with Crippen molar-refractivity contribution in [2.45, 2.75) is 54.4 Å². The third-order valence-electron chi connectivity index (χ3n) is 4.65. The van der Waals surface area contributed by atoms with Gasteiger partial charge in [0.05, 0.1) is 0 Å². The molecule has 0 N–H and O–H groups in total. The molecule has 0 aromatic carbocycles. The topological polar surface area (TPSA) is 3.24 Å². The third kappa shape index (κ3) is 3.22. The molecule has 1 nitrogen and oxygen atoms in total. The molecule has 0 aromatic heterocycles. The van der Waals surface area contributed by atoms with Crippen molar-refractivity contribution < 1.29 is 0 Å². The minimum absolute atomic E-state index is 0.727. The smallest absolute Gasteiger partial charge is 0.00135 e. The molecule has 0 radical (unpaired) electrons. The number of nitrogens with zero attached hydrogens (tertiary/aromatic N) is 1. The molecule has 0 saturated heterocycles. The summed E-state index contributed by atoms with van der Waals surface area (Å²) in [5.74, 6) is 0.727. The predicted molar refractivity (Wildman–Crippen MR) is 77.3 cm³/mol. The summed E-state index contributed by atoms with van der Waals surface area (Å²) >= 11 is 0. The zero-order valence-electron chi connectivity index (χ0n) is 12.6. The van der Waals surface area contributed by atoms with Crippen LogP contribution in [0.2, 0.25) is 0 Å². The maximum atomic E-state index is 2.52. The van der Waals surface area contributed by atoms with E-state index in [1.54, 1.807) is 11.1 Å². The maximum Gasteiger partial charge on any atom is 0.00135 e. The van der Waals surface area contributed by atoms with Crippen LogP contribution in [0.25, 0.3) is 0 Å². The van der Waals surface area contributed by atoms with E-state index >= 15 is 0 Å². The van der Waals surface area contributed by atoms with Crippen LogP contribution in [0, 0.1) is 5.92 Å². The molecule has 0 aliphatic heterocycles. The van der Waals surface area contributed by atoms with E-state index in [9.17, 15) is 0 Å². The first-order valence-corrected chi connectivity index (χ1v) is 7.10. The second kappa shape index (κ2) is 6.39. The molecule has 98 valence electrons. The second-order valence-electron chi connectivity index (χ2n) is 5.34. The number of allylic oxidation sites excluding steroid dienone is 4. The van der Waals surface area contributed by atoms with Gasteiger partial charge < -0.3 is 4.90 Å². The molecule has 0 aromatic rings. The van der Waals surface area contributed by atoms with Gasteiger partial charge in [-0.1, -0.05) is 25.0 Å². The summed E-state index contributed by atoms with van der Waals surface area (Å²) in [6.07, 6.45) is 2.64. The van der Waals surface area contributed by atoms with Crippen LogP contribution < -0.4 is 0 Å². The van der Waals surface area contributed by atoms with Gasteiger partial charge in [0.15, 0.2) is 0 Å². The van der Waals surface area contributed by atoms with Crippen molar-refractivity contribution in [1.82, 2.24) is 4.90 Å². The fraction of sp³-hybridized carbons (Fsp3) is 0.750. The van der Waals surface area contributed by atoms with E-state index in [0.29, 0.717) is 0 Å². The van der Waals surface area contributed by atoms with Crippen LogP contribution in [0.3, 0.4) is 0 Å². The van der Waals surface area contributed by atoms with Crippen molar-refractivity contribution in [2.75, 3.05) is 19.6 Å². The van der Waals surface area contributed by atoms with Crippen molar-refractivity contribution >= 4 is 0 Å². The van der Waals surface area contributed by atoms with Crippen molar-refractivity contribution in [3.63, 3.8) is 0 Å². The summed E-state index contributed by atoms with van der Waals surface area (Å²) in [4.78, 5) is 2.52. The Labute approximate surface area is 108 Å². The molecule has 1 heteroatoms. The molecule has 0 spiro atoms. The van der Waals surface area contributed by atoms with Gasteiger partial charge in [-0.3, -0.25) is 0 Å². The zero-order chi connectivity index (χ0) is 13.0. The Kier molecular flexibility index (Phi) is 5.45. The normalized spacial score (nSPS) is 17.8. The lowest BCUT2D eigenvalue weighted by atomic mass is 9.92. The summed E-state index contributed by atoms with van der Waals surface area (Å²) in [7, 11) is 0. The van der Waals surface area contributed by atoms with E-state index in [0.717, 1.165) is 5.92 Å². The Balaban J connectivity index is 2.49. The molecule has 0 bridgehead atoms. The molecule has 1 aliphatic rings. The quantitative estimate of drug-likeness (QED) is 0.659. The average molecular weight is 235 g/mol. The summed E-state index contributed by atoms with van der Waals surface area (Å²) in [6.45, 7) is 17.3. The van der Waals surface area contributed by atoms with Crippen LogP contribution in [-0.2, 0) is 0 Å². The molecule has 0 amide bonds. The molecule has 0 heterocycles. The fourth-order valence-corrected chi connectivity index (χ4v) is 2.93. The Morgan fingerprint density at radius 3 is 1.76 bits per heavy atom. The van der Waals surface area contributed by atoms with E-state index in [-0.39, 0.29) is 0 Å². The lowest BCUT2D eigenvalue weighted by molar-refractivity contribution is 0.293. The van der Waals surface area contributed by atoms with Gasteiger partial charge in [-0.15, -0.1) is 0 Å². The van der Waals surface area contributed by atoms with Gasteiger partial charge >= 0.3 is 0 Å². The lowest BCUT2D eigenvalue weighted by Gasteiger charge is -2.20. The van der Waals surface area contributed by atoms with Crippen LogP contribution in [0.5, 0.6) is 0 Å². The highest BCUT2D eigenvalue weighted by Gasteiger charge is 2.23. The Morgan fingerprint density at radius 1 is 0.882 bits per heavy atom. The minimum Gasteiger partial charge on any atom is -0.304 e. The van der Waals surface area contributed by atoms with E-state index in [4.69, 9.17) is 0 Å². The SMILES string of the molecule is CCN(CC)CCCC1C(C)=C(C)C(C)=C1C. The molecular weight excluding hydrogens is 206 g/mol. The Bertz CT molecular complexity index is 294. The highest BCUT2D eigenvalue weighted by atomic mass is 15.1. The minimum atomic E-state index is 0.727. The second-order valence-corrected chi connectivity index (χ2v) is 5.34. The van der Waals surface area contributed by atoms with Gasteiger partial charge in [0.25, 0.3) is 0 Å². The zero-order valence-corrected chi connectivity index (χ0v) is 12.6. The van der Waals surface area contributed by atoms with Crippen LogP contribution in [0.15, 0.2) is 22.3 Å². The first kappa shape index (κ1) is 14.5. The first-order chi connectivity index (χ1) is 8.02. The molecule has 0 atom stereocenters. The number of rotatable bonds is 6. The van der Waals surface area contributed by atoms with Crippen molar-refractivity contribution in [1.29, 1.82) is 0 Å². The molecule has 1 rings (SSSR count). The van der Waals surface area contributed by atoms with Gasteiger partial charge in [-0.05, 0) is 71.3 Å². The Morgan fingerprint density at radius 2 is 1.35 bits per heavy atom. The van der Waals surface area contributed by atoms with E-state index in [1.807, 2.05) is 0 Å². The van der Waals surface area contributed by atoms with Crippen LogP contribution in [-0.4, -0.2) is 24.5 Å². The Hall–Kier alpha value is -0.560. The van der Waals surface area contributed by atoms with Crippen LogP contribution in [0.4, 0.5) is 0 Å². The molecule has 0 saturated carbocycles. The van der Waals surface area contributed by atoms with Gasteiger partial charge in [0, 0.05) is 5.92 Å². The standard InChI is InChI=1S/C16H29N/c1-7-17(8-2)11-9-10-16-14(5)12(3)13(4)15(16)6/h16H,7-11H2,1-6H3. The van der Waals surface area contributed by atoms with Crippen molar-refractivity contribution in [3.8, 4) is 0 Å². The lowest BCUT2D eigenvalue weighted by Crippen LogP contribution is -2.24. The largest absolute Gasteiger partial charge is 0.304 e. The van der Waals surface area contributed by atoms with E-state index < -0.39 is 0 Å². The van der Waals surface area contributed by atoms with Crippen molar-refractivity contribution in [3.05, 3.63) is 22.3 Å². The predicted octanol–water partition coefficient (Wildman–Crippen LogP) is 4.41. The van der Waals surface area contributed by atoms with Crippen molar-refractivity contribution in [2.24, 2.45) is 5.92 Å². The summed E-state index contributed by atoms with van der Waals surface area (Å²) in [5.41, 5.74) is 6.30. The van der Waals surface area contributed by atoms with Gasteiger partial charge in [0.2, 0.25) is 0 Å². The van der Waals surface area contributed by atoms with Crippen LogP contribution >= 0.6 is 0 Å². The summed E-state index contributed by atoms with van der Waals surface area (Å²) in [5, 5.41) is 0. The fourth-order valence-electron chi connectivity index (χ4n) is 2.93. The van der Waals surface area contributed by atoms with E-state index in [1.165, 1.54) is 43.6 Å². The van der Waals surface area contributed by atoms with Gasteiger partial charge in [0.1, 0.15) is 0 Å². The monoisotopic (exact) mass is 235 g/mol. The first-order valence-electron chi connectivity index (χ1n) is 7.10. The molecular formula is C16H29N. The molecule has 17 heavy (non-hydrogen) atoms. The molecule has 1 aliphatic carbocycles. The number of hydrogen-bond acceptors (Lipinski definition) is 1.